The molecule has 0 aromatic heterocycles. The normalized spacial score (nSPS) is 15.8. The lowest BCUT2D eigenvalue weighted by molar-refractivity contribution is -0.0182. The Kier molecular flexibility index (Phi) is 6.32. The fourth-order valence-electron chi connectivity index (χ4n) is 2.31. The van der Waals surface area contributed by atoms with Gasteiger partial charge in [-0.2, -0.15) is 0 Å². The zero-order chi connectivity index (χ0) is 15.4. The maximum absolute atomic E-state index is 12.5. The van der Waals surface area contributed by atoms with Gasteiger partial charge in [0.05, 0.1) is 12.2 Å². The van der Waals surface area contributed by atoms with E-state index in [2.05, 4.69) is 16.2 Å². The largest absolute Gasteiger partial charge is 0.390 e. The standard InChI is InChI=1S/C16H24O3P/c1-6-13(17)12(5)19-16(20)15(18)14-10(3)7-9(2)8-11(14)4/h7-8,12-13,16-17H,5-6,20H2,1-4H3/t12-,13-,16?/m0/s1. The van der Waals surface area contributed by atoms with E-state index in [9.17, 15) is 9.90 Å². The van der Waals surface area contributed by atoms with Crippen molar-refractivity contribution in [1.29, 1.82) is 0 Å². The molecule has 111 valence electrons. The number of hydrogen-bond acceptors (Lipinski definition) is 3. The van der Waals surface area contributed by atoms with Crippen LogP contribution in [0.1, 0.15) is 40.4 Å². The third kappa shape index (κ3) is 4.12. The van der Waals surface area contributed by atoms with E-state index in [4.69, 9.17) is 4.74 Å². The molecule has 20 heavy (non-hydrogen) atoms. The van der Waals surface area contributed by atoms with Crippen molar-refractivity contribution in [1.82, 2.24) is 0 Å². The maximum Gasteiger partial charge on any atom is 0.195 e. The van der Waals surface area contributed by atoms with Gasteiger partial charge in [0, 0.05) is 5.56 Å². The van der Waals surface area contributed by atoms with Gasteiger partial charge in [-0.3, -0.25) is 4.79 Å². The number of ether oxygens (including phenoxy) is 1. The number of rotatable bonds is 6. The minimum Gasteiger partial charge on any atom is -0.390 e. The minimum atomic E-state index is -0.696. The third-order valence-electron chi connectivity index (χ3n) is 3.35. The Morgan fingerprint density at radius 1 is 1.35 bits per heavy atom. The molecular formula is C16H24O3P. The highest BCUT2D eigenvalue weighted by Crippen LogP contribution is 2.22. The monoisotopic (exact) mass is 295 g/mol. The third-order valence-corrected chi connectivity index (χ3v) is 3.81. The van der Waals surface area contributed by atoms with Gasteiger partial charge in [-0.05, 0) is 45.2 Å². The Morgan fingerprint density at radius 2 is 1.85 bits per heavy atom. The molecule has 2 unspecified atom stereocenters. The average Bonchev–Trinajstić information content (AvgIpc) is 2.36. The van der Waals surface area contributed by atoms with Crippen LogP contribution in [-0.4, -0.2) is 28.9 Å². The van der Waals surface area contributed by atoms with Crippen LogP contribution in [0.15, 0.2) is 12.1 Å². The Hall–Kier alpha value is -0.760. The van der Waals surface area contributed by atoms with Gasteiger partial charge < -0.3 is 9.84 Å². The first kappa shape index (κ1) is 17.3. The number of carbonyl (C=O) groups excluding carboxylic acids is 1. The van der Waals surface area contributed by atoms with E-state index in [1.54, 1.807) is 0 Å². The Labute approximate surface area is 123 Å². The second kappa shape index (κ2) is 7.31. The van der Waals surface area contributed by atoms with Crippen molar-refractivity contribution in [2.45, 2.75) is 52.2 Å². The fourth-order valence-corrected chi connectivity index (χ4v) is 2.68. The van der Waals surface area contributed by atoms with Crippen LogP contribution in [0.25, 0.3) is 0 Å². The highest BCUT2D eigenvalue weighted by atomic mass is 31.0. The number of aliphatic hydroxyl groups is 1. The van der Waals surface area contributed by atoms with Crippen LogP contribution in [0.4, 0.5) is 0 Å². The Bertz CT molecular complexity index is 462. The molecule has 0 aliphatic rings. The molecule has 1 aromatic carbocycles. The van der Waals surface area contributed by atoms with Crippen molar-refractivity contribution in [3.8, 4) is 0 Å². The summed E-state index contributed by atoms with van der Waals surface area (Å²) in [5.74, 6) is -0.791. The van der Waals surface area contributed by atoms with Gasteiger partial charge >= 0.3 is 0 Å². The lowest BCUT2D eigenvalue weighted by atomic mass is 9.97. The predicted octanol–water partition coefficient (Wildman–Crippen LogP) is 2.99. The van der Waals surface area contributed by atoms with E-state index < -0.39 is 18.1 Å². The molecule has 0 fully saturated rings. The maximum atomic E-state index is 12.5. The molecule has 0 aliphatic heterocycles. The number of benzene rings is 1. The molecule has 4 heteroatoms. The van der Waals surface area contributed by atoms with Crippen LogP contribution in [0.3, 0.4) is 0 Å². The summed E-state index contributed by atoms with van der Waals surface area (Å²) < 4.78 is 5.51. The van der Waals surface area contributed by atoms with Crippen LogP contribution in [0.5, 0.6) is 0 Å². The number of carbonyl (C=O) groups is 1. The summed E-state index contributed by atoms with van der Waals surface area (Å²) in [5, 5.41) is 9.67. The summed E-state index contributed by atoms with van der Waals surface area (Å²) in [6.07, 6.45) is -0.730. The van der Waals surface area contributed by atoms with Gasteiger partial charge in [0.2, 0.25) is 0 Å². The van der Waals surface area contributed by atoms with Gasteiger partial charge in [-0.15, -0.1) is 0 Å². The molecule has 3 nitrogen and oxygen atoms in total. The zero-order valence-electron chi connectivity index (χ0n) is 12.6. The molecule has 0 aliphatic carbocycles. The highest BCUT2D eigenvalue weighted by molar-refractivity contribution is 7.19. The van der Waals surface area contributed by atoms with E-state index in [0.717, 1.165) is 16.7 Å². The van der Waals surface area contributed by atoms with E-state index in [1.807, 2.05) is 39.8 Å². The second-order valence-corrected chi connectivity index (χ2v) is 5.81. The summed E-state index contributed by atoms with van der Waals surface area (Å²) in [6.45, 7) is 11.4. The number of ketones is 1. The molecule has 0 amide bonds. The zero-order valence-corrected chi connectivity index (χ0v) is 13.8. The number of aryl methyl sites for hydroxylation is 3. The van der Waals surface area contributed by atoms with Crippen molar-refractivity contribution in [2.75, 3.05) is 0 Å². The van der Waals surface area contributed by atoms with Crippen LogP contribution in [0.2, 0.25) is 0 Å². The topological polar surface area (TPSA) is 46.5 Å². The van der Waals surface area contributed by atoms with E-state index in [1.165, 1.54) is 0 Å². The molecule has 4 atom stereocenters. The summed E-state index contributed by atoms with van der Waals surface area (Å²) in [4.78, 5) is 12.5. The van der Waals surface area contributed by atoms with E-state index in [-0.39, 0.29) is 5.78 Å². The number of hydrogen-bond donors (Lipinski definition) is 1. The van der Waals surface area contributed by atoms with Gasteiger partial charge in [-0.1, -0.05) is 33.9 Å². The van der Waals surface area contributed by atoms with Crippen LogP contribution in [0, 0.1) is 27.7 Å². The summed E-state index contributed by atoms with van der Waals surface area (Å²) in [6, 6.07) is 3.97. The quantitative estimate of drug-likeness (QED) is 0.648. The molecule has 0 saturated heterocycles. The lowest BCUT2D eigenvalue weighted by Crippen LogP contribution is -2.32. The van der Waals surface area contributed by atoms with Crippen LogP contribution >= 0.6 is 9.24 Å². The molecule has 1 N–H and O–H groups in total. The smallest absolute Gasteiger partial charge is 0.195 e. The Balaban J connectivity index is 2.90. The Morgan fingerprint density at radius 3 is 2.30 bits per heavy atom. The first-order chi connectivity index (χ1) is 9.27. The lowest BCUT2D eigenvalue weighted by Gasteiger charge is -2.23. The van der Waals surface area contributed by atoms with Crippen molar-refractivity contribution < 1.29 is 14.6 Å². The van der Waals surface area contributed by atoms with Gasteiger partial charge in [0.15, 0.2) is 5.78 Å². The number of aliphatic hydroxyl groups excluding tert-OH is 1. The molecule has 0 heterocycles. The SMILES string of the molecule is [CH2][C@H](OC(P)C(=O)c1c(C)cc(C)cc1C)[C@@H](O)CC. The minimum absolute atomic E-state index is 0.0954. The molecule has 0 spiro atoms. The molecule has 0 saturated carbocycles. The van der Waals surface area contributed by atoms with Crippen LogP contribution < -0.4 is 0 Å². The molecule has 0 bridgehead atoms. The van der Waals surface area contributed by atoms with E-state index >= 15 is 0 Å². The summed E-state index contributed by atoms with van der Waals surface area (Å²) in [5.41, 5.74) is 3.71. The van der Waals surface area contributed by atoms with Gasteiger partial charge in [-0.25, -0.2) is 0 Å². The van der Waals surface area contributed by atoms with Gasteiger partial charge in [0.25, 0.3) is 0 Å². The molecule has 1 aromatic rings. The summed E-state index contributed by atoms with van der Waals surface area (Å²) >= 11 is 0. The van der Waals surface area contributed by atoms with Crippen molar-refractivity contribution in [2.24, 2.45) is 0 Å². The molecule has 1 radical (unpaired) electrons. The number of Topliss-reactive ketones (excluding diaryl/α,β-unsaturated/α-hetero) is 1. The second-order valence-electron chi connectivity index (χ2n) is 5.21. The summed E-state index contributed by atoms with van der Waals surface area (Å²) in [7, 11) is 2.39. The van der Waals surface area contributed by atoms with Gasteiger partial charge in [0.1, 0.15) is 5.85 Å². The fraction of sp³-hybridized carbons (Fsp3) is 0.500. The average molecular weight is 295 g/mol. The van der Waals surface area contributed by atoms with Crippen molar-refractivity contribution in [3.63, 3.8) is 0 Å². The van der Waals surface area contributed by atoms with Crippen molar-refractivity contribution >= 4 is 15.0 Å². The van der Waals surface area contributed by atoms with E-state index in [0.29, 0.717) is 12.0 Å². The molecule has 1 rings (SSSR count). The van der Waals surface area contributed by atoms with Crippen molar-refractivity contribution in [3.05, 3.63) is 41.3 Å². The molecular weight excluding hydrogens is 271 g/mol. The first-order valence-corrected chi connectivity index (χ1v) is 7.48. The first-order valence-electron chi connectivity index (χ1n) is 6.82. The predicted molar refractivity (Wildman–Crippen MR) is 85.0 cm³/mol. The van der Waals surface area contributed by atoms with Crippen LogP contribution in [-0.2, 0) is 4.74 Å². The highest BCUT2D eigenvalue weighted by Gasteiger charge is 2.24.